The van der Waals surface area contributed by atoms with E-state index in [-0.39, 0.29) is 69.5 Å². The summed E-state index contributed by atoms with van der Waals surface area (Å²) in [5, 5.41) is 26.4. The predicted molar refractivity (Wildman–Crippen MR) is 200 cm³/mol. The second kappa shape index (κ2) is 23.4. The molecule has 0 aliphatic carbocycles. The average molecular weight is 1450 g/mol. The van der Waals surface area contributed by atoms with E-state index in [9.17, 15) is 0 Å². The molecule has 0 spiro atoms. The predicted octanol–water partition coefficient (Wildman–Crippen LogP) is 2.90. The molecule has 27 heteroatoms. The van der Waals surface area contributed by atoms with Crippen LogP contribution >= 0.6 is 136 Å². The Morgan fingerprint density at radius 3 is 0.556 bits per heavy atom. The molecule has 0 aliphatic heterocycles. The summed E-state index contributed by atoms with van der Waals surface area (Å²) in [6, 6.07) is 0. The maximum absolute atomic E-state index is 4.41. The second-order valence-electron chi connectivity index (χ2n) is 8.04. The maximum Gasteiger partial charge on any atom is 0.326 e. The van der Waals surface area contributed by atoms with Crippen LogP contribution in [0.2, 0.25) is 0 Å². The molecule has 6 aromatic heterocycles. The summed E-state index contributed by atoms with van der Waals surface area (Å²) in [5.41, 5.74) is 0. The number of aromatic nitrogens is 12. The van der Waals surface area contributed by atoms with Crippen LogP contribution in [0, 0.1) is 21.4 Å². The SMILES string of the molecule is Ic1cnn([BH-](n2cc(I)cn2)n2cc(I)cn2)c1.Ic1cnn([BH-](n2cc(I)cn2)n2cc(I)cn2)c1.[Mo].[Mo].[O-2].[O-2].[O-2].[O-2].[O-2]. The van der Waals surface area contributed by atoms with Crippen LogP contribution in [0.5, 0.6) is 0 Å². The molecule has 0 aromatic carbocycles. The zero-order chi connectivity index (χ0) is 26.8. The summed E-state index contributed by atoms with van der Waals surface area (Å²) in [7, 11) is -2.39. The molecule has 0 atom stereocenters. The summed E-state index contributed by atoms with van der Waals surface area (Å²) in [6.45, 7) is 0. The zero-order valence-electron chi connectivity index (χ0n) is 21.8. The van der Waals surface area contributed by atoms with Gasteiger partial charge in [-0.15, -0.1) is 0 Å². The Kier molecular flexibility index (Phi) is 26.1. The van der Waals surface area contributed by atoms with Gasteiger partial charge in [0.05, 0.1) is 37.2 Å². The zero-order valence-corrected chi connectivity index (χ0v) is 38.8. The van der Waals surface area contributed by atoms with Crippen LogP contribution in [-0.2, 0) is 69.5 Å². The van der Waals surface area contributed by atoms with Crippen molar-refractivity contribution in [3.05, 3.63) is 95.8 Å². The first-order chi connectivity index (χ1) is 18.3. The van der Waals surface area contributed by atoms with Crippen molar-refractivity contribution < 1.29 is 69.5 Å². The Morgan fingerprint density at radius 2 is 0.467 bits per heavy atom. The molecule has 17 nitrogen and oxygen atoms in total. The van der Waals surface area contributed by atoms with E-state index in [0.29, 0.717) is 0 Å². The van der Waals surface area contributed by atoms with E-state index >= 15 is 0 Å². The minimum Gasteiger partial charge on any atom is -2.00 e. The molecule has 0 bridgehead atoms. The van der Waals surface area contributed by atoms with Crippen LogP contribution in [0.1, 0.15) is 0 Å². The van der Waals surface area contributed by atoms with Crippen molar-refractivity contribution in [2.75, 3.05) is 0 Å². The van der Waals surface area contributed by atoms with Crippen LogP contribution in [0.4, 0.5) is 0 Å². The van der Waals surface area contributed by atoms with Crippen molar-refractivity contribution in [3.8, 4) is 0 Å². The van der Waals surface area contributed by atoms with Gasteiger partial charge in [0.25, 0.3) is 0 Å². The van der Waals surface area contributed by atoms with E-state index in [1.165, 1.54) is 0 Å². The van der Waals surface area contributed by atoms with E-state index in [1.807, 2.05) is 102 Å². The number of rotatable bonds is 6. The molecule has 6 aromatic rings. The number of halogens is 6. The standard InChI is InChI=1S/2C9H7BI3N6.2Mo.5O/c2*11-7-1-14-17(4-7)10(18-5-8(12)2-15-18)19-6-9(13)3-16-19;;;;;;;/h2*1-6,10H;;;;;;;/q2*-1;;;5*-2. The summed E-state index contributed by atoms with van der Waals surface area (Å²) in [5.74, 6) is 0. The van der Waals surface area contributed by atoms with Gasteiger partial charge in [-0.2, -0.15) is 0 Å². The van der Waals surface area contributed by atoms with Crippen LogP contribution in [0.3, 0.4) is 0 Å². The monoisotopic (exact) mass is 1460 g/mol. The molecule has 0 unspecified atom stereocenters. The van der Waals surface area contributed by atoms with Gasteiger partial charge in [0.2, 0.25) is 0 Å². The molecular formula is C18H14B2I6Mo2N12O5-12. The van der Waals surface area contributed by atoms with Crippen molar-refractivity contribution in [2.45, 2.75) is 0 Å². The topological polar surface area (TPSA) is 249 Å². The van der Waals surface area contributed by atoms with Gasteiger partial charge in [-0.1, -0.05) is 0 Å². The second-order valence-corrected chi connectivity index (χ2v) is 15.5. The Hall–Kier alpha value is 0.946. The fourth-order valence-corrected chi connectivity index (χ4v) is 6.53. The minimum absolute atomic E-state index is 0. The molecule has 0 saturated carbocycles. The summed E-state index contributed by atoms with van der Waals surface area (Å²) >= 11 is 13.5. The quantitative estimate of drug-likeness (QED) is 0.179. The Labute approximate surface area is 367 Å². The molecule has 0 saturated heterocycles. The van der Waals surface area contributed by atoms with E-state index in [4.69, 9.17) is 0 Å². The number of hydrogen-bond donors (Lipinski definition) is 0. The Bertz CT molecular complexity index is 1370. The largest absolute Gasteiger partial charge is 2.00 e. The van der Waals surface area contributed by atoms with Gasteiger partial charge in [0, 0.05) is 63.6 Å². The van der Waals surface area contributed by atoms with Crippen LogP contribution in [0.25, 0.3) is 0 Å². The molecule has 0 amide bonds. The van der Waals surface area contributed by atoms with Crippen molar-refractivity contribution in [1.82, 2.24) is 58.1 Å². The summed E-state index contributed by atoms with van der Waals surface area (Å²) in [4.78, 5) is 0. The third-order valence-corrected chi connectivity index (χ3v) is 8.69. The van der Waals surface area contributed by atoms with Gasteiger partial charge in [-0.25, -0.2) is 30.6 Å². The Balaban J connectivity index is -0.000000678. The molecule has 45 heavy (non-hydrogen) atoms. The van der Waals surface area contributed by atoms with E-state index in [1.54, 1.807) is 0 Å². The molecule has 0 N–H and O–H groups in total. The number of nitrogens with zero attached hydrogens (tertiary/aromatic N) is 12. The number of hydrogen-bond acceptors (Lipinski definition) is 6. The van der Waals surface area contributed by atoms with Gasteiger partial charge in [-0.3, -0.25) is 0 Å². The molecule has 0 fully saturated rings. The third kappa shape index (κ3) is 13.3. The van der Waals surface area contributed by atoms with Crippen molar-refractivity contribution in [2.24, 2.45) is 0 Å². The smallest absolute Gasteiger partial charge is 0.326 e. The van der Waals surface area contributed by atoms with Crippen LogP contribution < -0.4 is 0 Å². The first-order valence-corrected chi connectivity index (χ1v) is 17.3. The first-order valence-electron chi connectivity index (χ1n) is 10.8. The van der Waals surface area contributed by atoms with E-state index in [0.717, 1.165) is 21.4 Å². The molecule has 6 heterocycles. The van der Waals surface area contributed by atoms with Gasteiger partial charge in [0.15, 0.2) is 0 Å². The molecule has 0 radical (unpaired) electrons. The van der Waals surface area contributed by atoms with Gasteiger partial charge in [0.1, 0.15) is 0 Å². The molecular weight excluding hydrogens is 1440 g/mol. The van der Waals surface area contributed by atoms with Gasteiger partial charge in [-0.05, 0) is 173 Å². The minimum atomic E-state index is -1.20. The van der Waals surface area contributed by atoms with E-state index in [2.05, 4.69) is 166 Å². The van der Waals surface area contributed by atoms with Crippen LogP contribution in [-0.4, -0.2) is 72.4 Å². The summed E-state index contributed by atoms with van der Waals surface area (Å²) in [6.07, 6.45) is 23.0. The van der Waals surface area contributed by atoms with Crippen molar-refractivity contribution in [1.29, 1.82) is 0 Å². The molecule has 6 rings (SSSR count). The first kappa shape index (κ1) is 50.3. The molecule has 0 aliphatic rings. The fourth-order valence-electron chi connectivity index (χ4n) is 3.85. The van der Waals surface area contributed by atoms with Gasteiger partial charge < -0.3 is 54.9 Å². The van der Waals surface area contributed by atoms with Gasteiger partial charge >= 0.3 is 14.2 Å². The average Bonchev–Trinajstić information content (AvgIpc) is 3.69. The summed E-state index contributed by atoms with van der Waals surface area (Å²) < 4.78 is 18.1. The maximum atomic E-state index is 4.41. The Morgan fingerprint density at radius 1 is 0.333 bits per heavy atom. The molecule has 248 valence electrons. The normalized spacial score (nSPS) is 9.60. The van der Waals surface area contributed by atoms with E-state index < -0.39 is 14.2 Å². The fraction of sp³-hybridized carbons (Fsp3) is 0. The third-order valence-electron chi connectivity index (χ3n) is 5.35. The van der Waals surface area contributed by atoms with Crippen molar-refractivity contribution >= 4 is 150 Å². The van der Waals surface area contributed by atoms with Crippen LogP contribution in [0.15, 0.2) is 74.4 Å². The van der Waals surface area contributed by atoms with Crippen molar-refractivity contribution in [3.63, 3.8) is 0 Å².